The molecule has 1 unspecified atom stereocenters. The van der Waals surface area contributed by atoms with Crippen molar-refractivity contribution in [2.45, 2.75) is 50.1 Å². The largest absolute Gasteiger partial charge is 0.508 e. The number of amides is 1. The fourth-order valence-corrected chi connectivity index (χ4v) is 2.55. The molecule has 23 heavy (non-hydrogen) atoms. The lowest BCUT2D eigenvalue weighted by Crippen LogP contribution is -2.46. The van der Waals surface area contributed by atoms with Gasteiger partial charge in [0.1, 0.15) is 5.75 Å². The van der Waals surface area contributed by atoms with Crippen LogP contribution < -0.4 is 5.32 Å². The molecule has 1 aromatic heterocycles. The monoisotopic (exact) mass is 335 g/mol. The Morgan fingerprint density at radius 1 is 1.39 bits per heavy atom. The van der Waals surface area contributed by atoms with Gasteiger partial charge in [0, 0.05) is 5.54 Å². The molecule has 1 amide bonds. The van der Waals surface area contributed by atoms with E-state index in [1.807, 2.05) is 27.7 Å². The lowest BCUT2D eigenvalue weighted by atomic mass is 10.0. The molecular formula is C15H21N5O2S. The number of nitrogens with one attached hydrogen (secondary N) is 1. The van der Waals surface area contributed by atoms with E-state index in [0.717, 1.165) is 12.1 Å². The van der Waals surface area contributed by atoms with Crippen molar-refractivity contribution in [1.29, 1.82) is 0 Å². The van der Waals surface area contributed by atoms with Crippen LogP contribution in [0.2, 0.25) is 0 Å². The average molecular weight is 335 g/mol. The van der Waals surface area contributed by atoms with E-state index in [1.165, 1.54) is 11.8 Å². The highest BCUT2D eigenvalue weighted by Crippen LogP contribution is 2.24. The van der Waals surface area contributed by atoms with E-state index < -0.39 is 0 Å². The number of hydrogen-bond acceptors (Lipinski definition) is 6. The van der Waals surface area contributed by atoms with Crippen LogP contribution in [0.25, 0.3) is 5.69 Å². The van der Waals surface area contributed by atoms with Gasteiger partial charge in [0.2, 0.25) is 11.1 Å². The first-order chi connectivity index (χ1) is 10.8. The van der Waals surface area contributed by atoms with Crippen LogP contribution in [0.1, 0.15) is 34.1 Å². The van der Waals surface area contributed by atoms with Crippen molar-refractivity contribution in [3.63, 3.8) is 0 Å². The predicted octanol–water partition coefficient (Wildman–Crippen LogP) is 2.15. The minimum absolute atomic E-state index is 0.0536. The van der Waals surface area contributed by atoms with Crippen LogP contribution in [0.5, 0.6) is 5.75 Å². The molecule has 0 radical (unpaired) electrons. The molecule has 0 aliphatic rings. The number of tetrazole rings is 1. The molecule has 0 aliphatic carbocycles. The number of nitrogens with zero attached hydrogens (tertiary/aromatic N) is 4. The summed E-state index contributed by atoms with van der Waals surface area (Å²) in [5.41, 5.74) is 0.478. The van der Waals surface area contributed by atoms with Gasteiger partial charge in [-0.25, -0.2) is 0 Å². The Morgan fingerprint density at radius 2 is 2.04 bits per heavy atom. The Bertz CT molecular complexity index is 669. The first kappa shape index (κ1) is 17.3. The molecule has 0 saturated carbocycles. The molecule has 7 nitrogen and oxygen atoms in total. The van der Waals surface area contributed by atoms with Gasteiger partial charge in [0.05, 0.1) is 10.9 Å². The number of phenols is 1. The summed E-state index contributed by atoms with van der Waals surface area (Å²) in [6.07, 6.45) is 0.849. The van der Waals surface area contributed by atoms with E-state index in [1.54, 1.807) is 28.9 Å². The van der Waals surface area contributed by atoms with Crippen molar-refractivity contribution >= 4 is 17.7 Å². The van der Waals surface area contributed by atoms with Crippen molar-refractivity contribution in [2.75, 3.05) is 0 Å². The zero-order valence-electron chi connectivity index (χ0n) is 13.6. The normalized spacial score (nSPS) is 12.9. The molecule has 0 spiro atoms. The van der Waals surface area contributed by atoms with Gasteiger partial charge in [-0.2, -0.15) is 4.68 Å². The van der Waals surface area contributed by atoms with Crippen LogP contribution in [-0.2, 0) is 4.79 Å². The summed E-state index contributed by atoms with van der Waals surface area (Å²) in [6, 6.07) is 6.54. The molecule has 124 valence electrons. The molecule has 1 atom stereocenters. The summed E-state index contributed by atoms with van der Waals surface area (Å²) < 4.78 is 1.54. The zero-order chi connectivity index (χ0) is 17.0. The highest BCUT2D eigenvalue weighted by Gasteiger charge is 2.24. The van der Waals surface area contributed by atoms with Crippen LogP contribution in [0.4, 0.5) is 0 Å². The summed E-state index contributed by atoms with van der Waals surface area (Å²) in [5.74, 6) is 0.118. The molecule has 1 heterocycles. The van der Waals surface area contributed by atoms with Crippen LogP contribution in [-0.4, -0.2) is 42.0 Å². The summed E-state index contributed by atoms with van der Waals surface area (Å²) in [7, 11) is 0. The van der Waals surface area contributed by atoms with Gasteiger partial charge in [-0.1, -0.05) is 18.7 Å². The third-order valence-corrected chi connectivity index (χ3v) is 4.57. The van der Waals surface area contributed by atoms with E-state index in [0.29, 0.717) is 5.16 Å². The van der Waals surface area contributed by atoms with Gasteiger partial charge in [0.25, 0.3) is 0 Å². The molecule has 2 rings (SSSR count). The Labute approximate surface area is 139 Å². The first-order valence-electron chi connectivity index (χ1n) is 7.39. The lowest BCUT2D eigenvalue weighted by molar-refractivity contribution is -0.121. The van der Waals surface area contributed by atoms with Crippen molar-refractivity contribution in [1.82, 2.24) is 25.5 Å². The van der Waals surface area contributed by atoms with E-state index in [4.69, 9.17) is 0 Å². The number of carbonyl (C=O) groups is 1. The van der Waals surface area contributed by atoms with E-state index in [2.05, 4.69) is 20.8 Å². The predicted molar refractivity (Wildman–Crippen MR) is 88.7 cm³/mol. The van der Waals surface area contributed by atoms with Crippen molar-refractivity contribution < 1.29 is 9.90 Å². The number of carbonyl (C=O) groups excluding carboxylic acids is 1. The molecule has 8 heteroatoms. The Kier molecular flexibility index (Phi) is 5.25. The smallest absolute Gasteiger partial charge is 0.233 e. The third-order valence-electron chi connectivity index (χ3n) is 3.53. The van der Waals surface area contributed by atoms with Gasteiger partial charge in [-0.15, -0.1) is 5.10 Å². The van der Waals surface area contributed by atoms with Crippen molar-refractivity contribution in [3.05, 3.63) is 24.3 Å². The summed E-state index contributed by atoms with van der Waals surface area (Å²) in [6.45, 7) is 7.83. The number of rotatable bonds is 6. The number of hydrogen-bond donors (Lipinski definition) is 2. The summed E-state index contributed by atoms with van der Waals surface area (Å²) in [4.78, 5) is 12.3. The highest BCUT2D eigenvalue weighted by atomic mass is 32.2. The SMILES string of the molecule is CCC(C)(C)NC(=O)C(C)Sc1nnnn1-c1ccc(O)cc1. The fourth-order valence-electron chi connectivity index (χ4n) is 1.74. The minimum atomic E-state index is -0.331. The Hall–Kier alpha value is -2.09. The molecular weight excluding hydrogens is 314 g/mol. The average Bonchev–Trinajstić information content (AvgIpc) is 2.95. The fraction of sp³-hybridized carbons (Fsp3) is 0.467. The minimum Gasteiger partial charge on any atom is -0.508 e. The summed E-state index contributed by atoms with van der Waals surface area (Å²) in [5, 5.41) is 24.1. The lowest BCUT2D eigenvalue weighted by Gasteiger charge is -2.26. The van der Waals surface area contributed by atoms with E-state index in [9.17, 15) is 9.90 Å². The second kappa shape index (κ2) is 6.99. The molecule has 0 saturated heterocycles. The number of aromatic nitrogens is 4. The van der Waals surface area contributed by atoms with Crippen LogP contribution in [0.3, 0.4) is 0 Å². The zero-order valence-corrected chi connectivity index (χ0v) is 14.5. The van der Waals surface area contributed by atoms with Gasteiger partial charge < -0.3 is 10.4 Å². The molecule has 0 aliphatic heterocycles. The maximum Gasteiger partial charge on any atom is 0.233 e. The first-order valence-corrected chi connectivity index (χ1v) is 8.27. The molecule has 2 N–H and O–H groups in total. The maximum absolute atomic E-state index is 12.3. The van der Waals surface area contributed by atoms with Crippen LogP contribution >= 0.6 is 11.8 Å². The second-order valence-electron chi connectivity index (χ2n) is 5.88. The standard InChI is InChI=1S/C15H21N5O2S/c1-5-15(3,4)16-13(22)10(2)23-14-17-18-19-20(14)11-6-8-12(21)9-7-11/h6-10,21H,5H2,1-4H3,(H,16,22). The van der Waals surface area contributed by atoms with E-state index >= 15 is 0 Å². The van der Waals surface area contributed by atoms with Crippen LogP contribution in [0, 0.1) is 0 Å². The number of benzene rings is 1. The molecule has 1 aromatic carbocycles. The van der Waals surface area contributed by atoms with Gasteiger partial charge in [-0.05, 0) is 61.9 Å². The number of phenolic OH excluding ortho intramolecular Hbond substituents is 1. The third kappa shape index (κ3) is 4.44. The molecule has 2 aromatic rings. The summed E-state index contributed by atoms with van der Waals surface area (Å²) >= 11 is 1.29. The Morgan fingerprint density at radius 3 is 2.65 bits per heavy atom. The van der Waals surface area contributed by atoms with Gasteiger partial charge in [-0.3, -0.25) is 4.79 Å². The quantitative estimate of drug-likeness (QED) is 0.786. The number of aromatic hydroxyl groups is 1. The molecule has 0 bridgehead atoms. The second-order valence-corrected chi connectivity index (χ2v) is 7.18. The van der Waals surface area contributed by atoms with Gasteiger partial charge >= 0.3 is 0 Å². The highest BCUT2D eigenvalue weighted by molar-refractivity contribution is 8.00. The topological polar surface area (TPSA) is 92.9 Å². The molecule has 0 fully saturated rings. The van der Waals surface area contributed by atoms with Gasteiger partial charge in [0.15, 0.2) is 0 Å². The van der Waals surface area contributed by atoms with Crippen molar-refractivity contribution in [2.24, 2.45) is 0 Å². The Balaban J connectivity index is 2.11. The van der Waals surface area contributed by atoms with E-state index in [-0.39, 0.29) is 22.4 Å². The van der Waals surface area contributed by atoms with Crippen molar-refractivity contribution in [3.8, 4) is 11.4 Å². The van der Waals surface area contributed by atoms with Crippen LogP contribution in [0.15, 0.2) is 29.4 Å². The number of thioether (sulfide) groups is 1. The maximum atomic E-state index is 12.3.